The number of aryl methyl sites for hydroxylation is 1. The third-order valence-corrected chi connectivity index (χ3v) is 4.37. The van der Waals surface area contributed by atoms with Crippen LogP contribution in [0.3, 0.4) is 0 Å². The molecule has 0 bridgehead atoms. The summed E-state index contributed by atoms with van der Waals surface area (Å²) in [7, 11) is 0. The first-order valence-electron chi connectivity index (χ1n) is 8.26. The van der Waals surface area contributed by atoms with Gasteiger partial charge in [0.25, 0.3) is 0 Å². The van der Waals surface area contributed by atoms with Crippen molar-refractivity contribution in [1.82, 2.24) is 19.5 Å². The SMILES string of the molecule is Cc1nccn1C(c1ccc(F)cc1)c1ccc2[nH]c(NC(=O)O)nc2c1. The summed E-state index contributed by atoms with van der Waals surface area (Å²) in [6, 6.07) is 11.8. The second-order valence-electron chi connectivity index (χ2n) is 6.13. The number of nitrogens with zero attached hydrogens (tertiary/aromatic N) is 3. The molecule has 2 aromatic heterocycles. The van der Waals surface area contributed by atoms with E-state index in [0.29, 0.717) is 11.0 Å². The Balaban J connectivity index is 1.83. The third kappa shape index (κ3) is 3.24. The van der Waals surface area contributed by atoms with Gasteiger partial charge in [-0.3, -0.25) is 5.32 Å². The van der Waals surface area contributed by atoms with Crippen LogP contribution >= 0.6 is 0 Å². The van der Waals surface area contributed by atoms with Crippen LogP contribution in [0, 0.1) is 12.7 Å². The number of fused-ring (bicyclic) bond motifs is 1. The van der Waals surface area contributed by atoms with Gasteiger partial charge in [-0.05, 0) is 42.3 Å². The number of aromatic amines is 1. The van der Waals surface area contributed by atoms with Crippen molar-refractivity contribution in [3.8, 4) is 0 Å². The van der Waals surface area contributed by atoms with E-state index in [0.717, 1.165) is 17.0 Å². The molecule has 7 nitrogen and oxygen atoms in total. The van der Waals surface area contributed by atoms with Crippen molar-refractivity contribution in [2.75, 3.05) is 5.32 Å². The fourth-order valence-electron chi connectivity index (χ4n) is 3.17. The van der Waals surface area contributed by atoms with Crippen LogP contribution in [0.4, 0.5) is 15.1 Å². The number of halogens is 1. The Morgan fingerprint density at radius 3 is 2.63 bits per heavy atom. The van der Waals surface area contributed by atoms with E-state index in [1.165, 1.54) is 12.1 Å². The van der Waals surface area contributed by atoms with Crippen molar-refractivity contribution in [2.45, 2.75) is 13.0 Å². The van der Waals surface area contributed by atoms with E-state index in [4.69, 9.17) is 5.11 Å². The van der Waals surface area contributed by atoms with Gasteiger partial charge in [0.1, 0.15) is 11.6 Å². The molecule has 0 radical (unpaired) electrons. The Hall–Kier alpha value is -3.68. The van der Waals surface area contributed by atoms with Gasteiger partial charge < -0.3 is 14.7 Å². The number of hydrogen-bond donors (Lipinski definition) is 3. The van der Waals surface area contributed by atoms with E-state index >= 15 is 0 Å². The van der Waals surface area contributed by atoms with Gasteiger partial charge >= 0.3 is 6.09 Å². The van der Waals surface area contributed by atoms with Crippen molar-refractivity contribution < 1.29 is 14.3 Å². The number of benzene rings is 2. The highest BCUT2D eigenvalue weighted by Crippen LogP contribution is 2.30. The molecule has 1 amide bonds. The molecule has 0 saturated heterocycles. The zero-order valence-corrected chi connectivity index (χ0v) is 14.3. The number of rotatable bonds is 4. The van der Waals surface area contributed by atoms with Crippen molar-refractivity contribution >= 4 is 23.1 Å². The number of hydrogen-bond acceptors (Lipinski definition) is 3. The fourth-order valence-corrected chi connectivity index (χ4v) is 3.17. The molecular weight excluding hydrogens is 349 g/mol. The van der Waals surface area contributed by atoms with E-state index < -0.39 is 6.09 Å². The maximum absolute atomic E-state index is 13.4. The molecule has 0 saturated carbocycles. The van der Waals surface area contributed by atoms with E-state index in [2.05, 4.69) is 20.3 Å². The van der Waals surface area contributed by atoms with Crippen molar-refractivity contribution in [2.24, 2.45) is 0 Å². The monoisotopic (exact) mass is 365 g/mol. The molecule has 1 unspecified atom stereocenters. The smallest absolute Gasteiger partial charge is 0.411 e. The summed E-state index contributed by atoms with van der Waals surface area (Å²) in [5.41, 5.74) is 3.16. The largest absolute Gasteiger partial charge is 0.465 e. The first kappa shape index (κ1) is 16.8. The lowest BCUT2D eigenvalue weighted by Gasteiger charge is -2.21. The lowest BCUT2D eigenvalue weighted by Crippen LogP contribution is -2.13. The standard InChI is InChI=1S/C19H16FN5O2/c1-11-21-8-9-25(11)17(12-2-5-14(20)6-3-12)13-4-7-15-16(10-13)23-18(22-15)24-19(26)27/h2-10,17H,1H3,(H,26,27)(H2,22,23,24). The number of anilines is 1. The molecule has 27 heavy (non-hydrogen) atoms. The Bertz CT molecular complexity index is 1120. The predicted molar refractivity (Wildman–Crippen MR) is 98.3 cm³/mol. The minimum absolute atomic E-state index is 0.159. The third-order valence-electron chi connectivity index (χ3n) is 4.37. The topological polar surface area (TPSA) is 95.8 Å². The average Bonchev–Trinajstić information content (AvgIpc) is 3.22. The lowest BCUT2D eigenvalue weighted by molar-refractivity contribution is 0.209. The molecular formula is C19H16FN5O2. The van der Waals surface area contributed by atoms with Gasteiger partial charge in [0.15, 0.2) is 0 Å². The molecule has 2 aromatic carbocycles. The summed E-state index contributed by atoms with van der Waals surface area (Å²) in [6.45, 7) is 1.90. The van der Waals surface area contributed by atoms with Gasteiger partial charge in [0.05, 0.1) is 17.1 Å². The number of carboxylic acid groups (broad SMARTS) is 1. The second-order valence-corrected chi connectivity index (χ2v) is 6.13. The predicted octanol–water partition coefficient (Wildman–Crippen LogP) is 3.93. The number of carbonyl (C=O) groups is 1. The Morgan fingerprint density at radius 1 is 1.22 bits per heavy atom. The van der Waals surface area contributed by atoms with Gasteiger partial charge in [-0.1, -0.05) is 18.2 Å². The van der Waals surface area contributed by atoms with Crippen LogP contribution in [0.2, 0.25) is 0 Å². The molecule has 0 aliphatic rings. The van der Waals surface area contributed by atoms with E-state index in [9.17, 15) is 9.18 Å². The average molecular weight is 365 g/mol. The normalized spacial score (nSPS) is 12.2. The molecule has 0 fully saturated rings. The molecule has 136 valence electrons. The minimum Gasteiger partial charge on any atom is -0.465 e. The van der Waals surface area contributed by atoms with Crippen LogP contribution in [0.25, 0.3) is 11.0 Å². The summed E-state index contributed by atoms with van der Waals surface area (Å²) in [5, 5.41) is 11.1. The molecule has 4 aromatic rings. The fraction of sp³-hybridized carbons (Fsp3) is 0.105. The highest BCUT2D eigenvalue weighted by atomic mass is 19.1. The molecule has 1 atom stereocenters. The van der Waals surface area contributed by atoms with Crippen LogP contribution in [0.15, 0.2) is 54.9 Å². The minimum atomic E-state index is -1.19. The number of nitrogens with one attached hydrogen (secondary N) is 2. The first-order valence-corrected chi connectivity index (χ1v) is 8.26. The maximum Gasteiger partial charge on any atom is 0.411 e. The van der Waals surface area contributed by atoms with Crippen LogP contribution in [-0.2, 0) is 0 Å². The van der Waals surface area contributed by atoms with Gasteiger partial charge in [-0.25, -0.2) is 19.2 Å². The van der Waals surface area contributed by atoms with Crippen LogP contribution in [0.5, 0.6) is 0 Å². The Labute approximate surface area is 153 Å². The summed E-state index contributed by atoms with van der Waals surface area (Å²) >= 11 is 0. The number of aromatic nitrogens is 4. The Morgan fingerprint density at radius 2 is 1.96 bits per heavy atom. The van der Waals surface area contributed by atoms with Crippen molar-refractivity contribution in [3.05, 3.63) is 77.6 Å². The summed E-state index contributed by atoms with van der Waals surface area (Å²) in [5.74, 6) is 0.679. The molecule has 0 spiro atoms. The van der Waals surface area contributed by atoms with Gasteiger partial charge in [-0.15, -0.1) is 0 Å². The Kier molecular flexibility index (Phi) is 4.08. The van der Waals surface area contributed by atoms with Crippen molar-refractivity contribution in [1.29, 1.82) is 0 Å². The van der Waals surface area contributed by atoms with Gasteiger partial charge in [0.2, 0.25) is 5.95 Å². The molecule has 8 heteroatoms. The molecule has 3 N–H and O–H groups in total. The highest BCUT2D eigenvalue weighted by Gasteiger charge is 2.19. The molecule has 0 aliphatic carbocycles. The lowest BCUT2D eigenvalue weighted by atomic mass is 9.97. The summed E-state index contributed by atoms with van der Waals surface area (Å²) in [6.07, 6.45) is 2.40. The van der Waals surface area contributed by atoms with Crippen LogP contribution in [-0.4, -0.2) is 30.7 Å². The summed E-state index contributed by atoms with van der Waals surface area (Å²) in [4.78, 5) is 22.3. The molecule has 4 rings (SSSR count). The maximum atomic E-state index is 13.4. The number of H-pyrrole nitrogens is 1. The molecule has 0 aliphatic heterocycles. The second kappa shape index (κ2) is 6.56. The van der Waals surface area contributed by atoms with Crippen molar-refractivity contribution in [3.63, 3.8) is 0 Å². The zero-order valence-electron chi connectivity index (χ0n) is 14.3. The zero-order chi connectivity index (χ0) is 19.0. The van der Waals surface area contributed by atoms with Gasteiger partial charge in [0, 0.05) is 12.4 Å². The van der Waals surface area contributed by atoms with E-state index in [-0.39, 0.29) is 17.8 Å². The van der Waals surface area contributed by atoms with Crippen LogP contribution in [0.1, 0.15) is 23.0 Å². The summed E-state index contributed by atoms with van der Waals surface area (Å²) < 4.78 is 15.4. The number of imidazole rings is 2. The number of amides is 1. The van der Waals surface area contributed by atoms with E-state index in [1.807, 2.05) is 35.9 Å². The molecule has 2 heterocycles. The quantitative estimate of drug-likeness (QED) is 0.510. The first-order chi connectivity index (χ1) is 13.0. The van der Waals surface area contributed by atoms with Gasteiger partial charge in [-0.2, -0.15) is 0 Å². The van der Waals surface area contributed by atoms with E-state index in [1.54, 1.807) is 18.3 Å². The van der Waals surface area contributed by atoms with Crippen LogP contribution < -0.4 is 5.32 Å². The highest BCUT2D eigenvalue weighted by molar-refractivity contribution is 5.85.